The van der Waals surface area contributed by atoms with Gasteiger partial charge in [-0.2, -0.15) is 0 Å². The van der Waals surface area contributed by atoms with E-state index in [1.807, 2.05) is 6.07 Å². The second-order valence-corrected chi connectivity index (χ2v) is 7.97. The number of fused-ring (bicyclic) bond motifs is 1. The van der Waals surface area contributed by atoms with Crippen LogP contribution in [0.4, 0.5) is 5.69 Å². The molecule has 2 aromatic carbocycles. The highest BCUT2D eigenvalue weighted by Gasteiger charge is 2.14. The number of pyridine rings is 1. The first kappa shape index (κ1) is 22.6. The van der Waals surface area contributed by atoms with Crippen molar-refractivity contribution >= 4 is 51.8 Å². The molecule has 0 fully saturated rings. The summed E-state index contributed by atoms with van der Waals surface area (Å²) < 4.78 is 6.53. The molecule has 2 N–H and O–H groups in total. The predicted octanol–water partition coefficient (Wildman–Crippen LogP) is 4.26. The van der Waals surface area contributed by atoms with Crippen molar-refractivity contribution in [2.75, 3.05) is 5.32 Å². The zero-order valence-corrected chi connectivity index (χ0v) is 18.7. The molecule has 2 amide bonds. The van der Waals surface area contributed by atoms with Gasteiger partial charge in [0, 0.05) is 35.9 Å². The fourth-order valence-corrected chi connectivity index (χ4v) is 3.66. The number of carbonyl (C=O) groups is 2. The molecule has 2 heterocycles. The van der Waals surface area contributed by atoms with Gasteiger partial charge in [0.2, 0.25) is 5.91 Å². The second-order valence-electron chi connectivity index (χ2n) is 7.13. The van der Waals surface area contributed by atoms with Crippen molar-refractivity contribution in [2.45, 2.75) is 19.5 Å². The Balaban J connectivity index is 1.36. The van der Waals surface area contributed by atoms with E-state index in [1.54, 1.807) is 42.6 Å². The molecule has 0 unspecified atom stereocenters. The topological polar surface area (TPSA) is 106 Å². The van der Waals surface area contributed by atoms with Gasteiger partial charge in [-0.3, -0.25) is 19.1 Å². The highest BCUT2D eigenvalue weighted by molar-refractivity contribution is 6.34. The third-order valence-electron chi connectivity index (χ3n) is 4.85. The highest BCUT2D eigenvalue weighted by Crippen LogP contribution is 2.22. The number of aromatic nitrogens is 2. The molecule has 168 valence electrons. The Morgan fingerprint density at radius 2 is 1.91 bits per heavy atom. The molecule has 4 rings (SSSR count). The molecule has 0 saturated heterocycles. The smallest absolute Gasteiger partial charge is 0.408 e. The first-order valence-corrected chi connectivity index (χ1v) is 10.7. The number of nitrogens with one attached hydrogen (secondary N) is 2. The molecule has 0 aliphatic rings. The summed E-state index contributed by atoms with van der Waals surface area (Å²) in [6, 6.07) is 14.9. The molecule has 0 aliphatic heterocycles. The first-order chi connectivity index (χ1) is 15.9. The Morgan fingerprint density at radius 1 is 1.06 bits per heavy atom. The van der Waals surface area contributed by atoms with Crippen molar-refractivity contribution in [3.05, 3.63) is 92.6 Å². The highest BCUT2D eigenvalue weighted by atomic mass is 35.5. The Hall–Kier alpha value is -3.62. The maximum Gasteiger partial charge on any atom is 0.419 e. The quantitative estimate of drug-likeness (QED) is 0.407. The molecule has 0 spiro atoms. The molecular formula is C23H18Cl2N4O4. The molecule has 0 saturated carbocycles. The molecule has 0 radical (unpaired) electrons. The maximum absolute atomic E-state index is 12.4. The molecular weight excluding hydrogens is 467 g/mol. The number of anilines is 1. The normalized spacial score (nSPS) is 10.8. The number of aryl methyl sites for hydroxylation is 1. The van der Waals surface area contributed by atoms with E-state index < -0.39 is 5.76 Å². The molecule has 33 heavy (non-hydrogen) atoms. The molecule has 4 aromatic rings. The van der Waals surface area contributed by atoms with Gasteiger partial charge in [-0.1, -0.05) is 29.3 Å². The van der Waals surface area contributed by atoms with Crippen molar-refractivity contribution in [1.29, 1.82) is 0 Å². The summed E-state index contributed by atoms with van der Waals surface area (Å²) in [5.41, 5.74) is 2.35. The number of hydrogen-bond acceptors (Lipinski definition) is 5. The van der Waals surface area contributed by atoms with Gasteiger partial charge in [0.1, 0.15) is 0 Å². The average Bonchev–Trinajstić information content (AvgIpc) is 3.10. The molecule has 0 aliphatic carbocycles. The minimum atomic E-state index is -0.566. The Kier molecular flexibility index (Phi) is 6.76. The number of amides is 2. The van der Waals surface area contributed by atoms with Crippen LogP contribution in [0.3, 0.4) is 0 Å². The number of nitrogens with zero attached hydrogens (tertiary/aromatic N) is 2. The van der Waals surface area contributed by atoms with E-state index in [2.05, 4.69) is 15.6 Å². The van der Waals surface area contributed by atoms with E-state index in [0.29, 0.717) is 21.8 Å². The predicted molar refractivity (Wildman–Crippen MR) is 126 cm³/mol. The third-order valence-corrected chi connectivity index (χ3v) is 5.39. The summed E-state index contributed by atoms with van der Waals surface area (Å²) >= 11 is 12.2. The standard InChI is InChI=1S/C23H18Cl2N4O4/c24-14-4-7-19-20(11-14)33-23(32)29(19)10-8-21(30)28-15-5-6-17(18(25)12-15)22(31)27-13-16-3-1-2-9-26-16/h1-7,9,11-12H,8,10,13H2,(H,27,31)(H,28,30). The van der Waals surface area contributed by atoms with Crippen LogP contribution < -0.4 is 16.4 Å². The Labute approximate surface area is 198 Å². The zero-order chi connectivity index (χ0) is 23.4. The molecule has 2 aromatic heterocycles. The van der Waals surface area contributed by atoms with Gasteiger partial charge in [-0.05, 0) is 42.5 Å². The van der Waals surface area contributed by atoms with Crippen LogP contribution in [0.5, 0.6) is 0 Å². The lowest BCUT2D eigenvalue weighted by atomic mass is 10.2. The van der Waals surface area contributed by atoms with Gasteiger partial charge in [-0.15, -0.1) is 0 Å². The maximum atomic E-state index is 12.4. The summed E-state index contributed by atoms with van der Waals surface area (Å²) in [6.45, 7) is 0.393. The van der Waals surface area contributed by atoms with Gasteiger partial charge in [0.15, 0.2) is 5.58 Å². The van der Waals surface area contributed by atoms with Crippen molar-refractivity contribution in [2.24, 2.45) is 0 Å². The van der Waals surface area contributed by atoms with E-state index in [-0.39, 0.29) is 41.9 Å². The van der Waals surface area contributed by atoms with Crippen LogP contribution >= 0.6 is 23.2 Å². The monoisotopic (exact) mass is 484 g/mol. The number of benzene rings is 2. The number of hydrogen-bond donors (Lipinski definition) is 2. The first-order valence-electron chi connectivity index (χ1n) is 9.97. The number of rotatable bonds is 7. The summed E-state index contributed by atoms with van der Waals surface area (Å²) in [5.74, 6) is -1.24. The van der Waals surface area contributed by atoms with E-state index in [1.165, 1.54) is 16.7 Å². The molecule has 0 bridgehead atoms. The van der Waals surface area contributed by atoms with Gasteiger partial charge in [0.25, 0.3) is 5.91 Å². The van der Waals surface area contributed by atoms with Crippen molar-refractivity contribution in [3.63, 3.8) is 0 Å². The summed E-state index contributed by atoms with van der Waals surface area (Å²) in [7, 11) is 0. The Morgan fingerprint density at radius 3 is 2.67 bits per heavy atom. The lowest BCUT2D eigenvalue weighted by Crippen LogP contribution is -2.23. The van der Waals surface area contributed by atoms with Crippen molar-refractivity contribution in [3.8, 4) is 0 Å². The largest absolute Gasteiger partial charge is 0.419 e. The summed E-state index contributed by atoms with van der Waals surface area (Å²) in [5, 5.41) is 6.11. The number of halogens is 2. The second kappa shape index (κ2) is 9.89. The van der Waals surface area contributed by atoms with E-state index in [0.717, 1.165) is 5.69 Å². The van der Waals surface area contributed by atoms with Crippen LogP contribution in [0.2, 0.25) is 10.0 Å². The van der Waals surface area contributed by atoms with Crippen molar-refractivity contribution < 1.29 is 14.0 Å². The third kappa shape index (κ3) is 5.42. The van der Waals surface area contributed by atoms with Crippen molar-refractivity contribution in [1.82, 2.24) is 14.9 Å². The van der Waals surface area contributed by atoms with E-state index in [4.69, 9.17) is 27.6 Å². The van der Waals surface area contributed by atoms with Crippen LogP contribution in [-0.2, 0) is 17.9 Å². The average molecular weight is 485 g/mol. The van der Waals surface area contributed by atoms with Gasteiger partial charge < -0.3 is 15.1 Å². The summed E-state index contributed by atoms with van der Waals surface area (Å²) in [4.78, 5) is 41.0. The van der Waals surface area contributed by atoms with E-state index in [9.17, 15) is 14.4 Å². The van der Waals surface area contributed by atoms with Gasteiger partial charge >= 0.3 is 5.76 Å². The molecule has 0 atom stereocenters. The van der Waals surface area contributed by atoms with Crippen LogP contribution in [0.1, 0.15) is 22.5 Å². The zero-order valence-electron chi connectivity index (χ0n) is 17.2. The summed E-state index contributed by atoms with van der Waals surface area (Å²) in [6.07, 6.45) is 1.67. The van der Waals surface area contributed by atoms with Crippen LogP contribution in [-0.4, -0.2) is 21.4 Å². The lowest BCUT2D eigenvalue weighted by Gasteiger charge is -2.10. The van der Waals surface area contributed by atoms with Gasteiger partial charge in [0.05, 0.1) is 28.3 Å². The SMILES string of the molecule is O=C(CCn1c(=O)oc2cc(Cl)ccc21)Nc1ccc(C(=O)NCc2ccccn2)c(Cl)c1. The minimum absolute atomic E-state index is 0.0289. The Bertz CT molecular complexity index is 1380. The number of carbonyl (C=O) groups excluding carboxylic acids is 2. The van der Waals surface area contributed by atoms with Crippen LogP contribution in [0, 0.1) is 0 Å². The van der Waals surface area contributed by atoms with E-state index >= 15 is 0 Å². The van der Waals surface area contributed by atoms with Gasteiger partial charge in [-0.25, -0.2) is 4.79 Å². The fraction of sp³-hybridized carbons (Fsp3) is 0.130. The minimum Gasteiger partial charge on any atom is -0.408 e. The lowest BCUT2D eigenvalue weighted by molar-refractivity contribution is -0.116. The number of oxazole rings is 1. The fourth-order valence-electron chi connectivity index (χ4n) is 3.23. The van der Waals surface area contributed by atoms with Crippen LogP contribution in [0.25, 0.3) is 11.1 Å². The molecule has 10 heteroatoms. The van der Waals surface area contributed by atoms with Crippen LogP contribution in [0.15, 0.2) is 70.0 Å². The molecule has 8 nitrogen and oxygen atoms in total.